The summed E-state index contributed by atoms with van der Waals surface area (Å²) in [5.74, 6) is 0.0435. The van der Waals surface area contributed by atoms with Crippen molar-refractivity contribution < 1.29 is 9.13 Å². The van der Waals surface area contributed by atoms with E-state index in [0.29, 0.717) is 48.7 Å². The number of nitrogens with zero attached hydrogens (tertiary/aromatic N) is 6. The van der Waals surface area contributed by atoms with E-state index in [1.807, 2.05) is 25.1 Å². The van der Waals surface area contributed by atoms with E-state index in [9.17, 15) is 9.18 Å². The first kappa shape index (κ1) is 21.5. The van der Waals surface area contributed by atoms with Gasteiger partial charge in [-0.25, -0.2) is 14.4 Å². The molecule has 33 heavy (non-hydrogen) atoms. The van der Waals surface area contributed by atoms with Crippen LogP contribution in [0.2, 0.25) is 5.02 Å². The summed E-state index contributed by atoms with van der Waals surface area (Å²) in [6, 6.07) is 6.13. The number of ether oxygens (including phenoxy) is 1. The molecule has 0 bridgehead atoms. The smallest absolute Gasteiger partial charge is 0.261 e. The molecular formula is C23H22ClFN6O2. The molecule has 0 spiro atoms. The molecule has 5 rings (SSSR count). The van der Waals surface area contributed by atoms with Gasteiger partial charge in [0.05, 0.1) is 24.5 Å². The monoisotopic (exact) mass is 468 g/mol. The maximum atomic E-state index is 14.9. The Balaban J connectivity index is 1.66. The predicted molar refractivity (Wildman–Crippen MR) is 124 cm³/mol. The molecule has 170 valence electrons. The molecule has 0 N–H and O–H groups in total. The molecule has 1 aromatic carbocycles. The second-order valence-electron chi connectivity index (χ2n) is 7.94. The SMILES string of the molecule is CCn1cnc2c(-c3ccc(Cl)cc3F)nc(N3CCO[C@H](c4cnn(C)c4)C3)cc2c1=O. The number of morpholine rings is 1. The zero-order valence-corrected chi connectivity index (χ0v) is 19.0. The molecule has 0 unspecified atom stereocenters. The van der Waals surface area contributed by atoms with E-state index in [1.165, 1.54) is 17.0 Å². The van der Waals surface area contributed by atoms with Crippen molar-refractivity contribution in [2.24, 2.45) is 7.05 Å². The minimum atomic E-state index is -0.523. The van der Waals surface area contributed by atoms with Crippen molar-refractivity contribution in [1.29, 1.82) is 0 Å². The van der Waals surface area contributed by atoms with Crippen molar-refractivity contribution in [3.05, 3.63) is 69.7 Å². The zero-order valence-electron chi connectivity index (χ0n) is 18.2. The fraction of sp³-hybridized carbons (Fsp3) is 0.304. The largest absolute Gasteiger partial charge is 0.370 e. The number of hydrogen-bond acceptors (Lipinski definition) is 6. The van der Waals surface area contributed by atoms with Crippen LogP contribution in [0.25, 0.3) is 22.2 Å². The Morgan fingerprint density at radius 3 is 2.88 bits per heavy atom. The lowest BCUT2D eigenvalue weighted by molar-refractivity contribution is 0.0395. The second-order valence-corrected chi connectivity index (χ2v) is 8.37. The van der Waals surface area contributed by atoms with Gasteiger partial charge < -0.3 is 9.64 Å². The van der Waals surface area contributed by atoms with Crippen molar-refractivity contribution in [2.45, 2.75) is 19.6 Å². The third-order valence-corrected chi connectivity index (χ3v) is 6.05. The average molecular weight is 469 g/mol. The number of fused-ring (bicyclic) bond motifs is 1. The molecule has 1 fully saturated rings. The summed E-state index contributed by atoms with van der Waals surface area (Å²) in [6.45, 7) is 3.94. The number of aromatic nitrogens is 5. The van der Waals surface area contributed by atoms with Gasteiger partial charge in [-0.05, 0) is 31.2 Å². The van der Waals surface area contributed by atoms with Gasteiger partial charge >= 0.3 is 0 Å². The summed E-state index contributed by atoms with van der Waals surface area (Å²) < 4.78 is 24.1. The number of hydrogen-bond donors (Lipinski definition) is 0. The summed E-state index contributed by atoms with van der Waals surface area (Å²) in [5.41, 5.74) is 1.67. The lowest BCUT2D eigenvalue weighted by Gasteiger charge is -2.33. The number of benzene rings is 1. The number of anilines is 1. The molecule has 4 heterocycles. The summed E-state index contributed by atoms with van der Waals surface area (Å²) in [7, 11) is 1.85. The van der Waals surface area contributed by atoms with Gasteiger partial charge in [-0.15, -0.1) is 0 Å². The van der Waals surface area contributed by atoms with E-state index in [0.717, 1.165) is 5.56 Å². The van der Waals surface area contributed by atoms with Gasteiger partial charge in [0.1, 0.15) is 28.9 Å². The lowest BCUT2D eigenvalue weighted by atomic mass is 10.1. The van der Waals surface area contributed by atoms with Crippen molar-refractivity contribution in [2.75, 3.05) is 24.6 Å². The van der Waals surface area contributed by atoms with E-state index in [-0.39, 0.29) is 22.2 Å². The first-order valence-corrected chi connectivity index (χ1v) is 11.0. The minimum absolute atomic E-state index is 0.193. The molecule has 0 saturated carbocycles. The van der Waals surface area contributed by atoms with Crippen LogP contribution in [0.3, 0.4) is 0 Å². The number of halogens is 2. The predicted octanol–water partition coefficient (Wildman–Crippen LogP) is 3.58. The van der Waals surface area contributed by atoms with Gasteiger partial charge in [-0.1, -0.05) is 11.6 Å². The standard InChI is InChI=1S/C23H22ClFN6O2/c1-3-30-13-26-21-17(23(30)32)9-20(28-22(21)16-5-4-15(24)8-18(16)25)31-6-7-33-19(12-31)14-10-27-29(2)11-14/h4-5,8-11,13,19H,3,6-7,12H2,1-2H3/t19-/m0/s1. The van der Waals surface area contributed by atoms with Crippen LogP contribution < -0.4 is 10.5 Å². The molecular weight excluding hydrogens is 447 g/mol. The van der Waals surface area contributed by atoms with E-state index in [4.69, 9.17) is 21.3 Å². The Morgan fingerprint density at radius 1 is 1.30 bits per heavy atom. The Morgan fingerprint density at radius 2 is 2.15 bits per heavy atom. The summed E-state index contributed by atoms with van der Waals surface area (Å²) in [5, 5.41) is 4.90. The first-order chi connectivity index (χ1) is 15.9. The highest BCUT2D eigenvalue weighted by atomic mass is 35.5. The number of rotatable bonds is 4. The maximum absolute atomic E-state index is 14.9. The molecule has 1 aliphatic rings. The van der Waals surface area contributed by atoms with Crippen LogP contribution in [0, 0.1) is 5.82 Å². The summed E-state index contributed by atoms with van der Waals surface area (Å²) in [6.07, 6.45) is 4.97. The highest BCUT2D eigenvalue weighted by molar-refractivity contribution is 6.30. The average Bonchev–Trinajstić information content (AvgIpc) is 3.25. The zero-order chi connectivity index (χ0) is 23.1. The lowest BCUT2D eigenvalue weighted by Crippen LogP contribution is -2.39. The van der Waals surface area contributed by atoms with Gasteiger partial charge in [0.15, 0.2) is 0 Å². The highest BCUT2D eigenvalue weighted by Gasteiger charge is 2.26. The van der Waals surface area contributed by atoms with Gasteiger partial charge in [-0.2, -0.15) is 5.10 Å². The first-order valence-electron chi connectivity index (χ1n) is 10.6. The maximum Gasteiger partial charge on any atom is 0.261 e. The van der Waals surface area contributed by atoms with Gasteiger partial charge in [0.2, 0.25) is 0 Å². The van der Waals surface area contributed by atoms with Gasteiger partial charge in [0, 0.05) is 49.0 Å². The van der Waals surface area contributed by atoms with Crippen LogP contribution in [-0.2, 0) is 18.3 Å². The number of pyridine rings is 1. The topological polar surface area (TPSA) is 78.1 Å². The van der Waals surface area contributed by atoms with Crippen LogP contribution in [0.15, 0.2) is 47.8 Å². The van der Waals surface area contributed by atoms with Crippen LogP contribution in [-0.4, -0.2) is 44.0 Å². The Kier molecular flexibility index (Phi) is 5.59. The van der Waals surface area contributed by atoms with Crippen LogP contribution in [0.5, 0.6) is 0 Å². The molecule has 10 heteroatoms. The van der Waals surface area contributed by atoms with Crippen molar-refractivity contribution >= 4 is 28.3 Å². The van der Waals surface area contributed by atoms with Crippen molar-refractivity contribution in [3.63, 3.8) is 0 Å². The summed E-state index contributed by atoms with van der Waals surface area (Å²) >= 11 is 5.96. The van der Waals surface area contributed by atoms with E-state index < -0.39 is 5.82 Å². The minimum Gasteiger partial charge on any atom is -0.370 e. The molecule has 1 atom stereocenters. The molecule has 3 aromatic heterocycles. The van der Waals surface area contributed by atoms with Crippen LogP contribution >= 0.6 is 11.6 Å². The molecule has 8 nitrogen and oxygen atoms in total. The second kappa shape index (κ2) is 8.57. The molecule has 0 aliphatic carbocycles. The van der Waals surface area contributed by atoms with Gasteiger partial charge in [0.25, 0.3) is 5.56 Å². The quantitative estimate of drug-likeness (QED) is 0.455. The highest BCUT2D eigenvalue weighted by Crippen LogP contribution is 2.32. The van der Waals surface area contributed by atoms with Crippen molar-refractivity contribution in [1.82, 2.24) is 24.3 Å². The fourth-order valence-corrected chi connectivity index (χ4v) is 4.23. The molecule has 1 aliphatic heterocycles. The third kappa shape index (κ3) is 3.98. The van der Waals surface area contributed by atoms with E-state index >= 15 is 0 Å². The Bertz CT molecular complexity index is 1400. The fourth-order valence-electron chi connectivity index (χ4n) is 4.08. The van der Waals surface area contributed by atoms with Crippen molar-refractivity contribution in [3.8, 4) is 11.3 Å². The molecule has 4 aromatic rings. The van der Waals surface area contributed by atoms with Crippen LogP contribution in [0.4, 0.5) is 10.2 Å². The van der Waals surface area contributed by atoms with E-state index in [1.54, 1.807) is 29.1 Å². The Hall–Kier alpha value is -3.30. The third-order valence-electron chi connectivity index (χ3n) is 5.81. The molecule has 0 radical (unpaired) electrons. The summed E-state index contributed by atoms with van der Waals surface area (Å²) in [4.78, 5) is 24.4. The molecule has 0 amide bonds. The van der Waals surface area contributed by atoms with Crippen LogP contribution in [0.1, 0.15) is 18.6 Å². The number of aryl methyl sites for hydroxylation is 2. The van der Waals surface area contributed by atoms with E-state index in [2.05, 4.69) is 10.1 Å². The molecule has 1 saturated heterocycles. The normalized spacial score (nSPS) is 16.5. The van der Waals surface area contributed by atoms with Gasteiger partial charge in [-0.3, -0.25) is 14.0 Å². The Labute approximate surface area is 194 Å².